The molecule has 12 heavy (non-hydrogen) atoms. The van der Waals surface area contributed by atoms with Crippen molar-refractivity contribution in [1.29, 1.82) is 0 Å². The maximum absolute atomic E-state index is 6.17. The molecule has 0 fully saturated rings. The predicted octanol–water partition coefficient (Wildman–Crippen LogP) is 3.77. The summed E-state index contributed by atoms with van der Waals surface area (Å²) in [6.07, 6.45) is 4.51. The van der Waals surface area contributed by atoms with Crippen LogP contribution >= 0.6 is 11.6 Å². The Labute approximate surface area is 80.3 Å². The normalized spacial score (nSPS) is 30.2. The van der Waals surface area contributed by atoms with Crippen LogP contribution in [0.5, 0.6) is 0 Å². The topological polar surface area (TPSA) is 0 Å². The zero-order valence-electron chi connectivity index (χ0n) is 8.26. The molecule has 1 aliphatic carbocycles. The first-order valence-corrected chi connectivity index (χ1v) is 5.00. The third-order valence-corrected chi connectivity index (χ3v) is 3.15. The van der Waals surface area contributed by atoms with E-state index in [1.807, 2.05) is 0 Å². The number of hydrogen-bond donors (Lipinski definition) is 0. The molecule has 2 atom stereocenters. The number of allylic oxidation sites excluding steroid dienone is 4. The molecule has 0 amide bonds. The minimum Gasteiger partial charge on any atom is -0.118 e. The molecule has 0 aromatic carbocycles. The van der Waals surface area contributed by atoms with Gasteiger partial charge in [0.05, 0.1) is 5.38 Å². The van der Waals surface area contributed by atoms with Gasteiger partial charge in [0.15, 0.2) is 0 Å². The van der Waals surface area contributed by atoms with Gasteiger partial charge < -0.3 is 0 Å². The molecule has 0 saturated heterocycles. The third kappa shape index (κ3) is 1.92. The van der Waals surface area contributed by atoms with Crippen LogP contribution in [-0.4, -0.2) is 5.38 Å². The van der Waals surface area contributed by atoms with Crippen molar-refractivity contribution in [2.75, 3.05) is 0 Å². The lowest BCUT2D eigenvalue weighted by molar-refractivity contribution is 0.674. The van der Waals surface area contributed by atoms with Crippen molar-refractivity contribution in [2.24, 2.45) is 11.8 Å². The van der Waals surface area contributed by atoms with E-state index in [0.717, 1.165) is 0 Å². The number of rotatable bonds is 1. The molecule has 0 heterocycles. The zero-order chi connectivity index (χ0) is 9.30. The van der Waals surface area contributed by atoms with E-state index >= 15 is 0 Å². The predicted molar refractivity (Wildman–Crippen MR) is 55.5 cm³/mol. The van der Waals surface area contributed by atoms with Crippen LogP contribution in [0.3, 0.4) is 0 Å². The maximum atomic E-state index is 6.17. The van der Waals surface area contributed by atoms with Gasteiger partial charge in [-0.3, -0.25) is 0 Å². The highest BCUT2D eigenvalue weighted by Gasteiger charge is 2.19. The second kappa shape index (κ2) is 3.66. The average molecular weight is 185 g/mol. The van der Waals surface area contributed by atoms with Gasteiger partial charge in [-0.1, -0.05) is 38.5 Å². The molecule has 68 valence electrons. The molecule has 0 aromatic heterocycles. The first-order chi connectivity index (χ1) is 5.52. The molecule has 0 bridgehead atoms. The summed E-state index contributed by atoms with van der Waals surface area (Å²) in [6, 6.07) is 0. The van der Waals surface area contributed by atoms with Gasteiger partial charge in [-0.25, -0.2) is 0 Å². The lowest BCUT2D eigenvalue weighted by atomic mass is 9.87. The van der Waals surface area contributed by atoms with E-state index in [9.17, 15) is 0 Å². The van der Waals surface area contributed by atoms with E-state index in [4.69, 9.17) is 11.6 Å². The van der Waals surface area contributed by atoms with Gasteiger partial charge in [0.25, 0.3) is 0 Å². The highest BCUT2D eigenvalue weighted by Crippen LogP contribution is 2.29. The van der Waals surface area contributed by atoms with Gasteiger partial charge in [-0.15, -0.1) is 11.6 Å². The van der Waals surface area contributed by atoms with E-state index < -0.39 is 0 Å². The van der Waals surface area contributed by atoms with E-state index in [0.29, 0.717) is 11.8 Å². The summed E-state index contributed by atoms with van der Waals surface area (Å²) >= 11 is 6.17. The van der Waals surface area contributed by atoms with Crippen molar-refractivity contribution in [3.8, 4) is 0 Å². The molecule has 0 aliphatic heterocycles. The van der Waals surface area contributed by atoms with Crippen molar-refractivity contribution in [3.05, 3.63) is 23.3 Å². The lowest BCUT2D eigenvalue weighted by Gasteiger charge is -2.23. The smallest absolute Gasteiger partial charge is 0.0605 e. The van der Waals surface area contributed by atoms with Gasteiger partial charge in [-0.05, 0) is 24.3 Å². The Morgan fingerprint density at radius 3 is 2.42 bits per heavy atom. The second-order valence-electron chi connectivity index (χ2n) is 3.97. The minimum absolute atomic E-state index is 0.201. The van der Waals surface area contributed by atoms with Crippen LogP contribution in [-0.2, 0) is 0 Å². The zero-order valence-corrected chi connectivity index (χ0v) is 9.02. The Kier molecular flexibility index (Phi) is 3.00. The second-order valence-corrected chi connectivity index (χ2v) is 4.44. The molecule has 0 saturated carbocycles. The monoisotopic (exact) mass is 184 g/mol. The Morgan fingerprint density at radius 2 is 2.00 bits per heavy atom. The van der Waals surface area contributed by atoms with Gasteiger partial charge in [-0.2, -0.15) is 0 Å². The summed E-state index contributed by atoms with van der Waals surface area (Å²) in [5, 5.41) is 0.201. The standard InChI is InChI=1S/C11H17Cl/c1-7(2)10-5-8(3)11(12)9(4)6-10/h5-8,11H,1-4H3. The van der Waals surface area contributed by atoms with Crippen LogP contribution in [0, 0.1) is 11.8 Å². The summed E-state index contributed by atoms with van der Waals surface area (Å²) in [7, 11) is 0. The van der Waals surface area contributed by atoms with Crippen molar-refractivity contribution >= 4 is 11.6 Å². The van der Waals surface area contributed by atoms with E-state index in [-0.39, 0.29) is 5.38 Å². The maximum Gasteiger partial charge on any atom is 0.0605 e. The molecule has 0 nitrogen and oxygen atoms in total. The van der Waals surface area contributed by atoms with E-state index in [1.54, 1.807) is 0 Å². The SMILES string of the molecule is CC1=CC(C(C)C)=CC(C)C1Cl. The molecule has 1 rings (SSSR count). The largest absolute Gasteiger partial charge is 0.118 e. The van der Waals surface area contributed by atoms with Crippen molar-refractivity contribution in [1.82, 2.24) is 0 Å². The molecule has 0 spiro atoms. The van der Waals surface area contributed by atoms with Crippen LogP contribution < -0.4 is 0 Å². The van der Waals surface area contributed by atoms with Crippen LogP contribution in [0.4, 0.5) is 0 Å². The molecule has 2 unspecified atom stereocenters. The third-order valence-electron chi connectivity index (χ3n) is 2.41. The Hall–Kier alpha value is -0.230. The molecular weight excluding hydrogens is 168 g/mol. The summed E-state index contributed by atoms with van der Waals surface area (Å²) < 4.78 is 0. The number of alkyl halides is 1. The average Bonchev–Trinajstić information content (AvgIpc) is 1.99. The molecule has 0 N–H and O–H groups in total. The first kappa shape index (κ1) is 9.85. The van der Waals surface area contributed by atoms with Crippen molar-refractivity contribution in [3.63, 3.8) is 0 Å². The summed E-state index contributed by atoms with van der Waals surface area (Å²) in [5.41, 5.74) is 2.73. The van der Waals surface area contributed by atoms with Crippen LogP contribution in [0.15, 0.2) is 23.3 Å². The highest BCUT2D eigenvalue weighted by molar-refractivity contribution is 6.22. The Balaban J connectivity index is 2.87. The summed E-state index contributed by atoms with van der Waals surface area (Å²) in [6.45, 7) is 8.73. The molecule has 0 radical (unpaired) electrons. The Bertz CT molecular complexity index is 223. The highest BCUT2D eigenvalue weighted by atomic mass is 35.5. The van der Waals surface area contributed by atoms with Gasteiger partial charge >= 0.3 is 0 Å². The van der Waals surface area contributed by atoms with Gasteiger partial charge in [0, 0.05) is 0 Å². The fourth-order valence-electron chi connectivity index (χ4n) is 1.55. The molecular formula is C11H17Cl. The number of halogens is 1. The fourth-order valence-corrected chi connectivity index (χ4v) is 1.69. The summed E-state index contributed by atoms with van der Waals surface area (Å²) in [4.78, 5) is 0. The lowest BCUT2D eigenvalue weighted by Crippen LogP contribution is -2.16. The van der Waals surface area contributed by atoms with Gasteiger partial charge in [0.1, 0.15) is 0 Å². The van der Waals surface area contributed by atoms with Gasteiger partial charge in [0.2, 0.25) is 0 Å². The Morgan fingerprint density at radius 1 is 1.42 bits per heavy atom. The van der Waals surface area contributed by atoms with Crippen LogP contribution in [0.25, 0.3) is 0 Å². The van der Waals surface area contributed by atoms with E-state index in [2.05, 4.69) is 39.8 Å². The van der Waals surface area contributed by atoms with Crippen molar-refractivity contribution < 1.29 is 0 Å². The van der Waals surface area contributed by atoms with E-state index in [1.165, 1.54) is 11.1 Å². The quantitative estimate of drug-likeness (QED) is 0.545. The minimum atomic E-state index is 0.201. The summed E-state index contributed by atoms with van der Waals surface area (Å²) in [5.74, 6) is 1.10. The number of hydrogen-bond acceptors (Lipinski definition) is 0. The molecule has 0 aromatic rings. The fraction of sp³-hybridized carbons (Fsp3) is 0.636. The van der Waals surface area contributed by atoms with Crippen LogP contribution in [0.1, 0.15) is 27.7 Å². The molecule has 1 aliphatic rings. The van der Waals surface area contributed by atoms with Crippen molar-refractivity contribution in [2.45, 2.75) is 33.1 Å². The first-order valence-electron chi connectivity index (χ1n) is 4.56. The van der Waals surface area contributed by atoms with Crippen LogP contribution in [0.2, 0.25) is 0 Å². The molecule has 1 heteroatoms.